The lowest BCUT2D eigenvalue weighted by Gasteiger charge is -2.25. The van der Waals surface area contributed by atoms with Crippen LogP contribution in [0.15, 0.2) is 25.0 Å². The van der Waals surface area contributed by atoms with E-state index in [9.17, 15) is 4.57 Å². The third kappa shape index (κ3) is 4.85. The first kappa shape index (κ1) is 25.1. The molecule has 2 aliphatic rings. The van der Waals surface area contributed by atoms with E-state index in [1.807, 2.05) is 9.13 Å². The summed E-state index contributed by atoms with van der Waals surface area (Å²) in [6, 6.07) is 0. The molecule has 0 amide bonds. The Labute approximate surface area is 220 Å². The Morgan fingerprint density at radius 1 is 0.816 bits per heavy atom. The number of rotatable bonds is 12. The second kappa shape index (κ2) is 9.55. The first-order valence-corrected chi connectivity index (χ1v) is 14.2. The summed E-state index contributed by atoms with van der Waals surface area (Å²) in [6.07, 6.45) is 11.1. The van der Waals surface area contributed by atoms with Crippen LogP contribution in [-0.2, 0) is 26.7 Å². The third-order valence-electron chi connectivity index (χ3n) is 8.50. The molecule has 2 saturated carbocycles. The summed E-state index contributed by atoms with van der Waals surface area (Å²) in [5, 5.41) is 0. The van der Waals surface area contributed by atoms with E-state index in [0.29, 0.717) is 13.2 Å². The lowest BCUT2D eigenvalue weighted by molar-refractivity contribution is 0.132. The van der Waals surface area contributed by atoms with Crippen molar-refractivity contribution in [2.24, 2.45) is 22.7 Å². The molecule has 4 aromatic heterocycles. The van der Waals surface area contributed by atoms with Gasteiger partial charge in [0.15, 0.2) is 11.3 Å². The van der Waals surface area contributed by atoms with E-state index in [4.69, 9.17) is 20.5 Å². The molecule has 6 rings (SSSR count). The van der Waals surface area contributed by atoms with E-state index >= 15 is 0 Å². The molecule has 4 aromatic rings. The van der Waals surface area contributed by atoms with Crippen molar-refractivity contribution >= 4 is 42.5 Å². The third-order valence-corrected chi connectivity index (χ3v) is 9.31. The lowest BCUT2D eigenvalue weighted by Crippen LogP contribution is -2.24. The van der Waals surface area contributed by atoms with Crippen molar-refractivity contribution in [2.75, 3.05) is 24.7 Å². The molecule has 0 spiro atoms. The summed E-state index contributed by atoms with van der Waals surface area (Å²) < 4.78 is 28.2. The van der Waals surface area contributed by atoms with Crippen LogP contribution >= 0.6 is 8.25 Å². The maximum atomic E-state index is 12.7. The molecular weight excluding hydrogens is 507 g/mol. The van der Waals surface area contributed by atoms with E-state index in [-0.39, 0.29) is 34.6 Å². The summed E-state index contributed by atoms with van der Waals surface area (Å²) in [4.78, 5) is 25.5. The van der Waals surface area contributed by atoms with Gasteiger partial charge >= 0.3 is 8.25 Å². The van der Waals surface area contributed by atoms with Crippen LogP contribution in [0.2, 0.25) is 0 Å². The van der Waals surface area contributed by atoms with Gasteiger partial charge in [0, 0.05) is 13.1 Å². The van der Waals surface area contributed by atoms with Crippen molar-refractivity contribution in [3.05, 3.63) is 25.0 Å². The summed E-state index contributed by atoms with van der Waals surface area (Å²) in [6.45, 7) is 6.54. The predicted molar refractivity (Wildman–Crippen MR) is 142 cm³/mol. The standard InChI is InChI=1S/C24H33N10O3P/c1-15(23(3-4-23)11-33-13-29-17-7-27-21(25)31-19(17)33)9-36-38(35)37-10-16(2)24(5-6-24)12-34-14-30-18-8-28-22(26)32-20(18)34/h7-8,13-16,38H,3-6,9-12H2,1-2H3,(H2,25,27,31)(H2,26,28,32). The minimum Gasteiger partial charge on any atom is -0.368 e. The minimum atomic E-state index is -2.61. The van der Waals surface area contributed by atoms with Gasteiger partial charge in [-0.05, 0) is 48.3 Å². The number of hydrogen-bond acceptors (Lipinski definition) is 11. The molecule has 0 aliphatic heterocycles. The van der Waals surface area contributed by atoms with E-state index in [2.05, 4.69) is 43.8 Å². The molecule has 2 unspecified atom stereocenters. The second-order valence-corrected chi connectivity index (χ2v) is 12.1. The van der Waals surface area contributed by atoms with Crippen LogP contribution in [0.5, 0.6) is 0 Å². The number of anilines is 2. The van der Waals surface area contributed by atoms with Crippen molar-refractivity contribution in [1.29, 1.82) is 0 Å². The second-order valence-electron chi connectivity index (χ2n) is 11.0. The quantitative estimate of drug-likeness (QED) is 0.253. The number of hydrogen-bond donors (Lipinski definition) is 2. The lowest BCUT2D eigenvalue weighted by atomic mass is 9.91. The van der Waals surface area contributed by atoms with Gasteiger partial charge in [-0.3, -0.25) is 4.57 Å². The number of nitrogens with zero attached hydrogens (tertiary/aromatic N) is 8. The van der Waals surface area contributed by atoms with Crippen molar-refractivity contribution in [2.45, 2.75) is 52.6 Å². The van der Waals surface area contributed by atoms with Crippen molar-refractivity contribution in [3.63, 3.8) is 0 Å². The fourth-order valence-electron chi connectivity index (χ4n) is 5.36. The molecule has 2 aliphatic carbocycles. The smallest absolute Gasteiger partial charge is 0.319 e. The monoisotopic (exact) mass is 540 g/mol. The van der Waals surface area contributed by atoms with Crippen LogP contribution in [0.3, 0.4) is 0 Å². The average Bonchev–Trinajstić information content (AvgIpc) is 3.80. The van der Waals surface area contributed by atoms with Gasteiger partial charge in [0.05, 0.1) is 38.3 Å². The average molecular weight is 541 g/mol. The van der Waals surface area contributed by atoms with Crippen LogP contribution in [0.1, 0.15) is 39.5 Å². The number of imidazole rings is 2. The Morgan fingerprint density at radius 2 is 1.24 bits per heavy atom. The topological polar surface area (TPSA) is 175 Å². The molecule has 2 fully saturated rings. The summed E-state index contributed by atoms with van der Waals surface area (Å²) in [7, 11) is -2.61. The number of nitrogens with two attached hydrogens (primary N) is 2. The Balaban J connectivity index is 1.00. The van der Waals surface area contributed by atoms with E-state index in [1.165, 1.54) is 0 Å². The van der Waals surface area contributed by atoms with Crippen LogP contribution < -0.4 is 11.5 Å². The molecule has 4 N–H and O–H groups in total. The highest BCUT2D eigenvalue weighted by Crippen LogP contribution is 2.55. The van der Waals surface area contributed by atoms with Crippen molar-refractivity contribution < 1.29 is 13.6 Å². The van der Waals surface area contributed by atoms with Crippen LogP contribution in [0.4, 0.5) is 11.9 Å². The summed E-state index contributed by atoms with van der Waals surface area (Å²) >= 11 is 0. The molecule has 202 valence electrons. The maximum absolute atomic E-state index is 12.7. The highest BCUT2D eigenvalue weighted by atomic mass is 31.1. The molecule has 14 heteroatoms. The summed E-state index contributed by atoms with van der Waals surface area (Å²) in [5.41, 5.74) is 14.6. The minimum absolute atomic E-state index is 0.0569. The number of nitrogen functional groups attached to an aromatic ring is 2. The molecular formula is C24H33N10O3P. The summed E-state index contributed by atoms with van der Waals surface area (Å²) in [5.74, 6) is 0.867. The fraction of sp³-hybridized carbons (Fsp3) is 0.583. The molecule has 0 radical (unpaired) electrons. The molecule has 2 atom stereocenters. The van der Waals surface area contributed by atoms with Gasteiger partial charge in [0.2, 0.25) is 11.9 Å². The van der Waals surface area contributed by atoms with Gasteiger partial charge in [-0.25, -0.2) is 19.9 Å². The SMILES string of the molecule is CC(CO[PH](=O)OCC(C)C1(Cn2cnc3cnc(N)nc32)CC1)C1(Cn2cnc3cnc(N)nc32)CC1. The predicted octanol–water partition coefficient (Wildman–Crippen LogP) is 3.09. The Morgan fingerprint density at radius 3 is 1.63 bits per heavy atom. The zero-order valence-corrected chi connectivity index (χ0v) is 22.6. The zero-order valence-electron chi connectivity index (χ0n) is 21.6. The zero-order chi connectivity index (χ0) is 26.5. The van der Waals surface area contributed by atoms with Crippen LogP contribution in [0.25, 0.3) is 22.3 Å². The first-order chi connectivity index (χ1) is 18.3. The Kier molecular flexibility index (Phi) is 6.32. The molecule has 0 aromatic carbocycles. The van der Waals surface area contributed by atoms with Crippen molar-refractivity contribution in [3.8, 4) is 0 Å². The maximum Gasteiger partial charge on any atom is 0.319 e. The highest BCUT2D eigenvalue weighted by molar-refractivity contribution is 7.33. The molecule has 0 saturated heterocycles. The van der Waals surface area contributed by atoms with E-state index in [0.717, 1.165) is 61.1 Å². The highest BCUT2D eigenvalue weighted by Gasteiger charge is 2.49. The van der Waals surface area contributed by atoms with Gasteiger partial charge in [0.25, 0.3) is 0 Å². The van der Waals surface area contributed by atoms with Gasteiger partial charge in [-0.15, -0.1) is 0 Å². The Bertz CT molecular complexity index is 1390. The fourth-order valence-corrected chi connectivity index (χ4v) is 6.22. The normalized spacial score (nSPS) is 19.9. The van der Waals surface area contributed by atoms with Crippen LogP contribution in [-0.4, -0.2) is 52.3 Å². The van der Waals surface area contributed by atoms with Gasteiger partial charge in [-0.2, -0.15) is 9.97 Å². The molecule has 38 heavy (non-hydrogen) atoms. The molecule has 13 nitrogen and oxygen atoms in total. The van der Waals surface area contributed by atoms with E-state index in [1.54, 1.807) is 25.0 Å². The molecule has 0 bridgehead atoms. The molecule has 4 heterocycles. The van der Waals surface area contributed by atoms with Gasteiger partial charge < -0.3 is 29.6 Å². The van der Waals surface area contributed by atoms with Crippen LogP contribution in [0, 0.1) is 22.7 Å². The number of aromatic nitrogens is 8. The van der Waals surface area contributed by atoms with Gasteiger partial charge in [0.1, 0.15) is 11.0 Å². The largest absolute Gasteiger partial charge is 0.368 e. The first-order valence-electron chi connectivity index (χ1n) is 12.9. The number of fused-ring (bicyclic) bond motifs is 2. The Hall–Kier alpha value is -3.15. The van der Waals surface area contributed by atoms with E-state index < -0.39 is 8.25 Å². The van der Waals surface area contributed by atoms with Crippen molar-refractivity contribution in [1.82, 2.24) is 39.0 Å². The van der Waals surface area contributed by atoms with Gasteiger partial charge in [-0.1, -0.05) is 13.8 Å².